The Labute approximate surface area is 87.2 Å². The standard InChI is InChI=1S/C11H11NOS/c1-2-13-11-10(12-8-14-11)9-6-4-3-5-7-9/h3-8H,2H2,1H3. The smallest absolute Gasteiger partial charge is 0.202 e. The fraction of sp³-hybridized carbons (Fsp3) is 0.182. The molecule has 0 N–H and O–H groups in total. The van der Waals surface area contributed by atoms with Crippen LogP contribution in [0.4, 0.5) is 0 Å². The summed E-state index contributed by atoms with van der Waals surface area (Å²) in [4.78, 5) is 4.30. The van der Waals surface area contributed by atoms with E-state index in [4.69, 9.17) is 4.74 Å². The van der Waals surface area contributed by atoms with Crippen molar-refractivity contribution in [3.8, 4) is 16.3 Å². The fourth-order valence-corrected chi connectivity index (χ4v) is 1.98. The third kappa shape index (κ3) is 1.77. The minimum absolute atomic E-state index is 0.683. The molecule has 0 amide bonds. The zero-order chi connectivity index (χ0) is 9.80. The highest BCUT2D eigenvalue weighted by atomic mass is 32.1. The fourth-order valence-electron chi connectivity index (χ4n) is 1.26. The van der Waals surface area contributed by atoms with Crippen LogP contribution in [0.15, 0.2) is 35.8 Å². The lowest BCUT2D eigenvalue weighted by molar-refractivity contribution is 0.351. The first-order valence-corrected chi connectivity index (χ1v) is 5.41. The third-order valence-electron chi connectivity index (χ3n) is 1.86. The summed E-state index contributed by atoms with van der Waals surface area (Å²) in [5.74, 6) is 0. The lowest BCUT2D eigenvalue weighted by Gasteiger charge is -2.02. The van der Waals surface area contributed by atoms with Gasteiger partial charge in [0, 0.05) is 5.56 Å². The first-order chi connectivity index (χ1) is 6.92. The molecule has 3 heteroatoms. The predicted octanol–water partition coefficient (Wildman–Crippen LogP) is 3.21. The van der Waals surface area contributed by atoms with Gasteiger partial charge in [0.05, 0.1) is 12.1 Å². The van der Waals surface area contributed by atoms with Crippen LogP contribution in [-0.4, -0.2) is 11.6 Å². The lowest BCUT2D eigenvalue weighted by Crippen LogP contribution is -1.90. The zero-order valence-corrected chi connectivity index (χ0v) is 8.75. The summed E-state index contributed by atoms with van der Waals surface area (Å²) in [6.45, 7) is 2.66. The van der Waals surface area contributed by atoms with E-state index in [2.05, 4.69) is 4.98 Å². The van der Waals surface area contributed by atoms with Crippen molar-refractivity contribution in [3.63, 3.8) is 0 Å². The van der Waals surface area contributed by atoms with E-state index in [1.165, 1.54) is 11.3 Å². The maximum absolute atomic E-state index is 5.49. The number of hydrogen-bond acceptors (Lipinski definition) is 3. The van der Waals surface area contributed by atoms with Crippen LogP contribution in [0, 0.1) is 0 Å². The third-order valence-corrected chi connectivity index (χ3v) is 2.59. The molecular weight excluding hydrogens is 194 g/mol. The van der Waals surface area contributed by atoms with Crippen molar-refractivity contribution in [2.24, 2.45) is 0 Å². The molecule has 2 aromatic rings. The lowest BCUT2D eigenvalue weighted by atomic mass is 10.2. The van der Waals surface area contributed by atoms with Crippen LogP contribution in [0.2, 0.25) is 0 Å². The van der Waals surface area contributed by atoms with Gasteiger partial charge in [0.15, 0.2) is 0 Å². The summed E-state index contributed by atoms with van der Waals surface area (Å²) in [6.07, 6.45) is 0. The number of benzene rings is 1. The molecule has 0 aliphatic heterocycles. The van der Waals surface area contributed by atoms with Gasteiger partial charge in [-0.25, -0.2) is 4.98 Å². The first-order valence-electron chi connectivity index (χ1n) is 4.53. The Morgan fingerprint density at radius 3 is 2.79 bits per heavy atom. The normalized spacial score (nSPS) is 10.1. The highest BCUT2D eigenvalue weighted by Crippen LogP contribution is 2.32. The van der Waals surface area contributed by atoms with Gasteiger partial charge in [-0.3, -0.25) is 0 Å². The Balaban J connectivity index is 2.37. The van der Waals surface area contributed by atoms with E-state index in [0.29, 0.717) is 6.61 Å². The second-order valence-electron chi connectivity index (χ2n) is 2.79. The predicted molar refractivity (Wildman–Crippen MR) is 58.7 cm³/mol. The van der Waals surface area contributed by atoms with Crippen molar-refractivity contribution in [2.45, 2.75) is 6.92 Å². The van der Waals surface area contributed by atoms with Crippen molar-refractivity contribution in [3.05, 3.63) is 35.8 Å². The summed E-state index contributed by atoms with van der Waals surface area (Å²) < 4.78 is 5.49. The highest BCUT2D eigenvalue weighted by molar-refractivity contribution is 7.12. The Hall–Kier alpha value is -1.35. The molecule has 2 nitrogen and oxygen atoms in total. The summed E-state index contributed by atoms with van der Waals surface area (Å²) in [6, 6.07) is 10.1. The molecule has 0 unspecified atom stereocenters. The average molecular weight is 205 g/mol. The number of nitrogens with zero attached hydrogens (tertiary/aromatic N) is 1. The molecule has 0 aliphatic rings. The number of aromatic nitrogens is 1. The molecule has 0 spiro atoms. The SMILES string of the molecule is CCOc1scnc1-c1ccccc1. The van der Waals surface area contributed by atoms with E-state index < -0.39 is 0 Å². The first kappa shape index (κ1) is 9.21. The van der Waals surface area contributed by atoms with Crippen LogP contribution < -0.4 is 4.74 Å². The second kappa shape index (κ2) is 4.24. The zero-order valence-electron chi connectivity index (χ0n) is 7.93. The molecule has 1 aromatic carbocycles. The van der Waals surface area contributed by atoms with Gasteiger partial charge in [-0.05, 0) is 6.92 Å². The number of rotatable bonds is 3. The number of hydrogen-bond donors (Lipinski definition) is 0. The minimum Gasteiger partial charge on any atom is -0.483 e. The second-order valence-corrected chi connectivity index (χ2v) is 3.60. The van der Waals surface area contributed by atoms with Crippen LogP contribution in [0.5, 0.6) is 5.06 Å². The molecule has 14 heavy (non-hydrogen) atoms. The van der Waals surface area contributed by atoms with Crippen LogP contribution in [0.25, 0.3) is 11.3 Å². The van der Waals surface area contributed by atoms with Gasteiger partial charge in [0.2, 0.25) is 5.06 Å². The highest BCUT2D eigenvalue weighted by Gasteiger charge is 2.08. The van der Waals surface area contributed by atoms with Gasteiger partial charge in [-0.1, -0.05) is 41.7 Å². The maximum Gasteiger partial charge on any atom is 0.202 e. The summed E-state index contributed by atoms with van der Waals surface area (Å²) in [5, 5.41) is 0.902. The molecule has 0 saturated carbocycles. The Bertz CT molecular complexity index is 397. The number of ether oxygens (including phenoxy) is 1. The molecule has 0 fully saturated rings. The van der Waals surface area contributed by atoms with Crippen molar-refractivity contribution < 1.29 is 4.74 Å². The molecule has 0 atom stereocenters. The molecule has 0 aliphatic carbocycles. The average Bonchev–Trinajstić information content (AvgIpc) is 2.68. The Kier molecular flexibility index (Phi) is 2.79. The van der Waals surface area contributed by atoms with E-state index in [0.717, 1.165) is 16.3 Å². The summed E-state index contributed by atoms with van der Waals surface area (Å²) in [7, 11) is 0. The monoisotopic (exact) mass is 205 g/mol. The molecular formula is C11H11NOS. The molecule has 1 aromatic heterocycles. The van der Waals surface area contributed by atoms with E-state index in [-0.39, 0.29) is 0 Å². The van der Waals surface area contributed by atoms with Crippen LogP contribution in [0.3, 0.4) is 0 Å². The Morgan fingerprint density at radius 1 is 1.29 bits per heavy atom. The van der Waals surface area contributed by atoms with Crippen molar-refractivity contribution >= 4 is 11.3 Å². The Morgan fingerprint density at radius 2 is 2.07 bits per heavy atom. The quantitative estimate of drug-likeness (QED) is 0.767. The topological polar surface area (TPSA) is 22.1 Å². The number of thiazole rings is 1. The van der Waals surface area contributed by atoms with Gasteiger partial charge in [-0.2, -0.15) is 0 Å². The molecule has 2 rings (SSSR count). The van der Waals surface area contributed by atoms with E-state index in [9.17, 15) is 0 Å². The van der Waals surface area contributed by atoms with Crippen LogP contribution in [0.1, 0.15) is 6.92 Å². The van der Waals surface area contributed by atoms with Crippen LogP contribution in [-0.2, 0) is 0 Å². The van der Waals surface area contributed by atoms with Gasteiger partial charge < -0.3 is 4.74 Å². The largest absolute Gasteiger partial charge is 0.483 e. The van der Waals surface area contributed by atoms with E-state index >= 15 is 0 Å². The minimum atomic E-state index is 0.683. The van der Waals surface area contributed by atoms with Gasteiger partial charge in [0.1, 0.15) is 5.69 Å². The van der Waals surface area contributed by atoms with Crippen molar-refractivity contribution in [1.29, 1.82) is 0 Å². The molecule has 0 radical (unpaired) electrons. The molecule has 72 valence electrons. The molecule has 0 bridgehead atoms. The molecule has 1 heterocycles. The summed E-state index contributed by atoms with van der Waals surface area (Å²) in [5.41, 5.74) is 3.86. The van der Waals surface area contributed by atoms with Crippen LogP contribution >= 0.6 is 11.3 Å². The van der Waals surface area contributed by atoms with E-state index in [1.807, 2.05) is 42.8 Å². The van der Waals surface area contributed by atoms with Gasteiger partial charge in [0.25, 0.3) is 0 Å². The van der Waals surface area contributed by atoms with E-state index in [1.54, 1.807) is 0 Å². The van der Waals surface area contributed by atoms with Gasteiger partial charge >= 0.3 is 0 Å². The maximum atomic E-state index is 5.49. The molecule has 0 saturated heterocycles. The summed E-state index contributed by atoms with van der Waals surface area (Å²) >= 11 is 1.54. The van der Waals surface area contributed by atoms with Gasteiger partial charge in [-0.15, -0.1) is 0 Å². The van der Waals surface area contributed by atoms with Crippen molar-refractivity contribution in [1.82, 2.24) is 4.98 Å². The van der Waals surface area contributed by atoms with Crippen molar-refractivity contribution in [2.75, 3.05) is 6.61 Å².